The zero-order valence-electron chi connectivity index (χ0n) is 11.7. The van der Waals surface area contributed by atoms with Crippen molar-refractivity contribution in [3.05, 3.63) is 54.9 Å². The molecule has 6 heteroatoms. The summed E-state index contributed by atoms with van der Waals surface area (Å²) in [6.45, 7) is -0.116. The van der Waals surface area contributed by atoms with Crippen LogP contribution in [0.15, 0.2) is 59.2 Å². The van der Waals surface area contributed by atoms with Crippen molar-refractivity contribution in [3.63, 3.8) is 0 Å². The zero-order valence-corrected chi connectivity index (χ0v) is 13.3. The lowest BCUT2D eigenvalue weighted by atomic mass is 10.1. The van der Waals surface area contributed by atoms with Gasteiger partial charge >= 0.3 is 4.34 Å². The van der Waals surface area contributed by atoms with Crippen molar-refractivity contribution < 1.29 is 9.66 Å². The third kappa shape index (κ3) is 3.20. The normalized spacial score (nSPS) is 12.3. The number of aliphatic hydroxyl groups excluding tert-OH is 1. The fraction of sp³-hybridized carbons (Fsp3) is 0.125. The second-order valence-electron chi connectivity index (χ2n) is 4.54. The Morgan fingerprint density at radius 3 is 2.55 bits per heavy atom. The highest BCUT2D eigenvalue weighted by Gasteiger charge is 2.22. The molecule has 1 atom stereocenters. The number of hydrogen-bond donors (Lipinski definition) is 1. The number of aliphatic hydroxyl groups is 1. The Labute approximate surface area is 135 Å². The summed E-state index contributed by atoms with van der Waals surface area (Å²) in [5, 5.41) is 8.98. The van der Waals surface area contributed by atoms with Crippen molar-refractivity contribution in [2.24, 2.45) is 0 Å². The fourth-order valence-corrected chi connectivity index (χ4v) is 4.27. The van der Waals surface area contributed by atoms with E-state index in [1.54, 1.807) is 12.4 Å². The van der Waals surface area contributed by atoms with Gasteiger partial charge in [-0.3, -0.25) is 4.98 Å². The van der Waals surface area contributed by atoms with Crippen molar-refractivity contribution in [3.8, 4) is 21.7 Å². The van der Waals surface area contributed by atoms with E-state index in [0.717, 1.165) is 21.7 Å². The molecule has 3 rings (SSSR count). The molecule has 2 heterocycles. The van der Waals surface area contributed by atoms with Crippen LogP contribution in [0.2, 0.25) is 0 Å². The maximum atomic E-state index is 12.2. The third-order valence-corrected chi connectivity index (χ3v) is 5.79. The monoisotopic (exact) mass is 330 g/mol. The molecule has 0 amide bonds. The predicted octanol–water partition coefficient (Wildman–Crippen LogP) is 2.97. The first-order valence-corrected chi connectivity index (χ1v) is 8.89. The van der Waals surface area contributed by atoms with Crippen molar-refractivity contribution in [2.45, 2.75) is 4.34 Å². The molecule has 1 N–H and O–H groups in total. The van der Waals surface area contributed by atoms with Crippen molar-refractivity contribution in [1.29, 1.82) is 0 Å². The number of benzene rings is 1. The minimum absolute atomic E-state index is 0.116. The number of nitrogens with zero attached hydrogens (tertiary/aromatic N) is 2. The van der Waals surface area contributed by atoms with Gasteiger partial charge in [0, 0.05) is 34.7 Å². The smallest absolute Gasteiger partial charge is 0.302 e. The summed E-state index contributed by atoms with van der Waals surface area (Å²) < 4.78 is 12.7. The lowest BCUT2D eigenvalue weighted by Crippen LogP contribution is -2.09. The Bertz CT molecular complexity index is 675. The molecule has 22 heavy (non-hydrogen) atoms. The van der Waals surface area contributed by atoms with E-state index in [1.807, 2.05) is 42.5 Å². The molecule has 0 fully saturated rings. The second kappa shape index (κ2) is 7.02. The summed E-state index contributed by atoms with van der Waals surface area (Å²) in [4.78, 5) is 9.65. The molecule has 0 saturated heterocycles. The Balaban J connectivity index is 2.10. The summed E-state index contributed by atoms with van der Waals surface area (Å²) in [6.07, 6.45) is 3.50. The van der Waals surface area contributed by atoms with E-state index >= 15 is 0 Å². The molecule has 2 aromatic heterocycles. The quantitative estimate of drug-likeness (QED) is 0.730. The number of aromatic nitrogens is 2. The molecule has 112 valence electrons. The van der Waals surface area contributed by atoms with Crippen molar-refractivity contribution >= 4 is 22.5 Å². The first kappa shape index (κ1) is 15.2. The summed E-state index contributed by atoms with van der Waals surface area (Å²) in [5.41, 5.74) is 2.73. The highest BCUT2D eigenvalue weighted by atomic mass is 32.2. The minimum Gasteiger partial charge on any atom is -0.609 e. The lowest BCUT2D eigenvalue weighted by Gasteiger charge is -2.03. The summed E-state index contributed by atoms with van der Waals surface area (Å²) in [6, 6.07) is 13.6. The molecular formula is C16H14N2O2S2. The van der Waals surface area contributed by atoms with Gasteiger partial charge in [0.2, 0.25) is 0 Å². The molecule has 0 saturated carbocycles. The van der Waals surface area contributed by atoms with Crippen LogP contribution in [0.3, 0.4) is 0 Å². The first-order chi connectivity index (χ1) is 10.8. The largest absolute Gasteiger partial charge is 0.609 e. The maximum Gasteiger partial charge on any atom is 0.302 e. The van der Waals surface area contributed by atoms with E-state index in [0.29, 0.717) is 4.34 Å². The van der Waals surface area contributed by atoms with E-state index in [-0.39, 0.29) is 12.4 Å². The van der Waals surface area contributed by atoms with E-state index in [2.05, 4.69) is 9.97 Å². The third-order valence-electron chi connectivity index (χ3n) is 3.05. The van der Waals surface area contributed by atoms with Crippen LogP contribution in [0, 0.1) is 0 Å². The van der Waals surface area contributed by atoms with Gasteiger partial charge in [-0.1, -0.05) is 47.7 Å². The maximum absolute atomic E-state index is 12.2. The zero-order chi connectivity index (χ0) is 15.4. The van der Waals surface area contributed by atoms with Crippen LogP contribution in [0.25, 0.3) is 21.7 Å². The molecular weight excluding hydrogens is 316 g/mol. The van der Waals surface area contributed by atoms with Gasteiger partial charge in [0.05, 0.1) is 17.2 Å². The number of thiazole rings is 1. The molecule has 0 radical (unpaired) electrons. The Morgan fingerprint density at radius 2 is 1.86 bits per heavy atom. The van der Waals surface area contributed by atoms with Gasteiger partial charge in [0.25, 0.3) is 0 Å². The van der Waals surface area contributed by atoms with Gasteiger partial charge in [-0.2, -0.15) is 4.98 Å². The number of pyridine rings is 1. The average Bonchev–Trinajstić information content (AvgIpc) is 3.02. The number of rotatable bonds is 5. The average molecular weight is 330 g/mol. The van der Waals surface area contributed by atoms with Gasteiger partial charge in [-0.25, -0.2) is 0 Å². The van der Waals surface area contributed by atoms with Crippen LogP contribution >= 0.6 is 11.3 Å². The van der Waals surface area contributed by atoms with Gasteiger partial charge in [0.1, 0.15) is 5.75 Å². The van der Waals surface area contributed by atoms with Crippen LogP contribution in [0.1, 0.15) is 0 Å². The Morgan fingerprint density at radius 1 is 1.09 bits per heavy atom. The molecule has 1 aromatic carbocycles. The van der Waals surface area contributed by atoms with Gasteiger partial charge in [0.15, 0.2) is 0 Å². The Kier molecular flexibility index (Phi) is 4.84. The summed E-state index contributed by atoms with van der Waals surface area (Å²) in [5.74, 6) is 0.203. The minimum atomic E-state index is -1.28. The molecule has 0 aliphatic carbocycles. The molecule has 1 unspecified atom stereocenters. The fourth-order valence-electron chi connectivity index (χ4n) is 2.05. The molecule has 0 aliphatic heterocycles. The summed E-state index contributed by atoms with van der Waals surface area (Å²) in [7, 11) is 0. The van der Waals surface area contributed by atoms with E-state index in [9.17, 15) is 4.55 Å². The van der Waals surface area contributed by atoms with Crippen molar-refractivity contribution in [1.82, 2.24) is 9.97 Å². The SMILES string of the molecule is [O-][S+](CCO)c1nc(-c2ccccc2)c(-c2cccnc2)s1. The van der Waals surface area contributed by atoms with E-state index in [4.69, 9.17) is 5.11 Å². The van der Waals surface area contributed by atoms with Crippen LogP contribution in [-0.2, 0) is 11.2 Å². The lowest BCUT2D eigenvalue weighted by molar-refractivity contribution is 0.319. The molecule has 4 nitrogen and oxygen atoms in total. The standard InChI is InChI=1S/C16H14N2O2S2/c19-9-10-22(20)16-18-14(12-5-2-1-3-6-12)15(21-16)13-7-4-8-17-11-13/h1-8,11,19H,9-10H2. The highest BCUT2D eigenvalue weighted by Crippen LogP contribution is 2.38. The molecule has 3 aromatic rings. The van der Waals surface area contributed by atoms with Crippen LogP contribution in [0.4, 0.5) is 0 Å². The topological polar surface area (TPSA) is 69.1 Å². The second-order valence-corrected chi connectivity index (χ2v) is 7.28. The van der Waals surface area contributed by atoms with Crippen LogP contribution < -0.4 is 0 Å². The molecule has 0 spiro atoms. The van der Waals surface area contributed by atoms with Gasteiger partial charge in [-0.05, 0) is 6.07 Å². The highest BCUT2D eigenvalue weighted by molar-refractivity contribution is 7.93. The van der Waals surface area contributed by atoms with E-state index in [1.165, 1.54) is 11.3 Å². The van der Waals surface area contributed by atoms with E-state index < -0.39 is 11.2 Å². The van der Waals surface area contributed by atoms with Gasteiger partial charge in [-0.15, -0.1) is 0 Å². The first-order valence-electron chi connectivity index (χ1n) is 6.75. The van der Waals surface area contributed by atoms with Gasteiger partial charge < -0.3 is 9.66 Å². The predicted molar refractivity (Wildman–Crippen MR) is 89.1 cm³/mol. The molecule has 0 aliphatic rings. The van der Waals surface area contributed by atoms with Crippen LogP contribution in [-0.4, -0.2) is 32.0 Å². The molecule has 0 bridgehead atoms. The number of hydrogen-bond acceptors (Lipinski definition) is 5. The summed E-state index contributed by atoms with van der Waals surface area (Å²) >= 11 is 0.110. The van der Waals surface area contributed by atoms with Crippen molar-refractivity contribution in [2.75, 3.05) is 12.4 Å². The van der Waals surface area contributed by atoms with Crippen LogP contribution in [0.5, 0.6) is 0 Å². The Hall–Kier alpha value is -1.73.